The molecule has 4 aromatic rings. The van der Waals surface area contributed by atoms with E-state index in [0.717, 1.165) is 28.2 Å². The van der Waals surface area contributed by atoms with Crippen LogP contribution in [0.3, 0.4) is 0 Å². The summed E-state index contributed by atoms with van der Waals surface area (Å²) in [5.74, 6) is 0.238. The van der Waals surface area contributed by atoms with Gasteiger partial charge in [-0.25, -0.2) is 19.5 Å². The summed E-state index contributed by atoms with van der Waals surface area (Å²) in [5.41, 5.74) is 9.73. The lowest BCUT2D eigenvalue weighted by molar-refractivity contribution is 0.229. The van der Waals surface area contributed by atoms with Crippen LogP contribution in [0.25, 0.3) is 27.8 Å². The molecular formula is C21H26N8. The highest BCUT2D eigenvalue weighted by molar-refractivity contribution is 5.84. The van der Waals surface area contributed by atoms with Crippen molar-refractivity contribution in [2.45, 2.75) is 38.1 Å². The topological polar surface area (TPSA) is 98.1 Å². The van der Waals surface area contributed by atoms with Crippen LogP contribution in [-0.4, -0.2) is 54.6 Å². The fourth-order valence-corrected chi connectivity index (χ4v) is 3.76. The van der Waals surface area contributed by atoms with E-state index >= 15 is 0 Å². The summed E-state index contributed by atoms with van der Waals surface area (Å²) in [7, 11) is 4.38. The first-order valence-electron chi connectivity index (χ1n) is 9.95. The highest BCUT2D eigenvalue weighted by Gasteiger charge is 2.14. The van der Waals surface area contributed by atoms with Gasteiger partial charge in [-0.05, 0) is 39.1 Å². The second-order valence-corrected chi connectivity index (χ2v) is 7.55. The number of aromatic nitrogens is 6. The van der Waals surface area contributed by atoms with Gasteiger partial charge in [-0.2, -0.15) is 0 Å². The molecule has 0 aromatic carbocycles. The fourth-order valence-electron chi connectivity index (χ4n) is 3.76. The molecule has 4 heterocycles. The number of hydrogen-bond acceptors (Lipinski definition) is 7. The second kappa shape index (κ2) is 8.48. The first-order chi connectivity index (χ1) is 14.1. The van der Waals surface area contributed by atoms with E-state index in [1.807, 2.05) is 18.3 Å². The van der Waals surface area contributed by atoms with Crippen LogP contribution < -0.4 is 5.73 Å². The number of fused-ring (bicyclic) bond motifs is 2. The largest absolute Gasteiger partial charge is 0.367 e. The number of nitrogens with two attached hydrogens (primary N) is 1. The van der Waals surface area contributed by atoms with Crippen molar-refractivity contribution in [1.29, 1.82) is 0 Å². The summed E-state index contributed by atoms with van der Waals surface area (Å²) < 4.78 is 1.69. The molecule has 0 saturated heterocycles. The predicted octanol–water partition coefficient (Wildman–Crippen LogP) is 3.20. The molecular weight excluding hydrogens is 364 g/mol. The van der Waals surface area contributed by atoms with Gasteiger partial charge >= 0.3 is 0 Å². The first kappa shape index (κ1) is 19.2. The molecule has 8 heteroatoms. The van der Waals surface area contributed by atoms with E-state index < -0.39 is 0 Å². The molecule has 8 nitrogen and oxygen atoms in total. The van der Waals surface area contributed by atoms with Crippen molar-refractivity contribution in [2.24, 2.45) is 0 Å². The minimum atomic E-state index is 0.238. The third kappa shape index (κ3) is 4.32. The van der Waals surface area contributed by atoms with Gasteiger partial charge in [0.25, 0.3) is 0 Å². The van der Waals surface area contributed by atoms with Gasteiger partial charge in [0.1, 0.15) is 5.52 Å². The van der Waals surface area contributed by atoms with Gasteiger partial charge in [-0.3, -0.25) is 4.98 Å². The molecule has 150 valence electrons. The Morgan fingerprint density at radius 2 is 1.79 bits per heavy atom. The van der Waals surface area contributed by atoms with Gasteiger partial charge in [0.15, 0.2) is 5.65 Å². The number of pyridine rings is 1. The van der Waals surface area contributed by atoms with Crippen molar-refractivity contribution in [1.82, 2.24) is 34.4 Å². The van der Waals surface area contributed by atoms with Crippen LogP contribution in [0, 0.1) is 0 Å². The molecule has 1 fully saturated rings. The molecule has 0 spiro atoms. The molecule has 29 heavy (non-hydrogen) atoms. The van der Waals surface area contributed by atoms with Crippen LogP contribution in [0.15, 0.2) is 43.1 Å². The Labute approximate surface area is 169 Å². The molecule has 0 aliphatic heterocycles. The Kier molecular flexibility index (Phi) is 5.62. The summed E-state index contributed by atoms with van der Waals surface area (Å²) in [6, 6.07) is 4.78. The van der Waals surface area contributed by atoms with Crippen molar-refractivity contribution in [3.05, 3.63) is 43.1 Å². The van der Waals surface area contributed by atoms with Gasteiger partial charge in [0, 0.05) is 42.0 Å². The molecule has 0 radical (unpaired) electrons. The maximum Gasteiger partial charge on any atom is 0.238 e. The zero-order valence-electron chi connectivity index (χ0n) is 16.9. The summed E-state index contributed by atoms with van der Waals surface area (Å²) >= 11 is 0. The summed E-state index contributed by atoms with van der Waals surface area (Å²) in [6.07, 6.45) is 15.8. The minimum absolute atomic E-state index is 0.238. The maximum atomic E-state index is 5.57. The van der Waals surface area contributed by atoms with Crippen LogP contribution in [0.5, 0.6) is 0 Å². The van der Waals surface area contributed by atoms with E-state index in [9.17, 15) is 0 Å². The normalized spacial score (nSPS) is 14.9. The van der Waals surface area contributed by atoms with Gasteiger partial charge in [-0.1, -0.05) is 19.3 Å². The monoisotopic (exact) mass is 390 g/mol. The molecule has 0 atom stereocenters. The number of rotatable bonds is 2. The van der Waals surface area contributed by atoms with E-state index in [4.69, 9.17) is 5.73 Å². The lowest BCUT2D eigenvalue weighted by Crippen LogP contribution is -2.29. The van der Waals surface area contributed by atoms with Gasteiger partial charge < -0.3 is 10.6 Å². The third-order valence-corrected chi connectivity index (χ3v) is 5.37. The number of anilines is 1. The van der Waals surface area contributed by atoms with Crippen molar-refractivity contribution in [3.8, 4) is 11.1 Å². The van der Waals surface area contributed by atoms with Gasteiger partial charge in [0.2, 0.25) is 5.95 Å². The fraction of sp³-hybridized carbons (Fsp3) is 0.381. The van der Waals surface area contributed by atoms with E-state index in [0.29, 0.717) is 5.65 Å². The van der Waals surface area contributed by atoms with Crippen molar-refractivity contribution in [3.63, 3.8) is 0 Å². The van der Waals surface area contributed by atoms with Crippen LogP contribution >= 0.6 is 0 Å². The quantitative estimate of drug-likeness (QED) is 0.561. The highest BCUT2D eigenvalue weighted by Crippen LogP contribution is 2.26. The Balaban J connectivity index is 0.000000192. The molecule has 4 aromatic heterocycles. The Hall–Kier alpha value is -3.13. The lowest BCUT2D eigenvalue weighted by Gasteiger charge is -2.27. The number of hydrogen-bond donors (Lipinski definition) is 1. The third-order valence-electron chi connectivity index (χ3n) is 5.37. The summed E-state index contributed by atoms with van der Waals surface area (Å²) in [4.78, 5) is 19.1. The molecule has 2 N–H and O–H groups in total. The molecule has 1 aliphatic carbocycles. The van der Waals surface area contributed by atoms with Crippen LogP contribution in [0.2, 0.25) is 0 Å². The lowest BCUT2D eigenvalue weighted by atomic mass is 9.95. The Morgan fingerprint density at radius 3 is 2.55 bits per heavy atom. The summed E-state index contributed by atoms with van der Waals surface area (Å²) in [6.45, 7) is 0. The van der Waals surface area contributed by atoms with Crippen LogP contribution in [0.1, 0.15) is 32.1 Å². The zero-order chi connectivity index (χ0) is 20.2. The average molecular weight is 390 g/mol. The van der Waals surface area contributed by atoms with E-state index in [2.05, 4.69) is 44.0 Å². The van der Waals surface area contributed by atoms with E-state index in [1.165, 1.54) is 32.1 Å². The molecule has 1 saturated carbocycles. The molecule has 0 bridgehead atoms. The SMILES string of the molecule is CN(C)C1CCCCC1.Nc1ncc2c(-c3cnc4nccnc4c3)ccn2n1. The van der Waals surface area contributed by atoms with Crippen LogP contribution in [-0.2, 0) is 0 Å². The molecule has 5 rings (SSSR count). The minimum Gasteiger partial charge on any atom is -0.367 e. The van der Waals surface area contributed by atoms with Gasteiger partial charge in [0.05, 0.1) is 11.7 Å². The number of nitrogen functional groups attached to an aromatic ring is 1. The summed E-state index contributed by atoms with van der Waals surface area (Å²) in [5, 5.41) is 4.12. The molecule has 1 aliphatic rings. The number of nitrogens with zero attached hydrogens (tertiary/aromatic N) is 7. The molecule has 0 amide bonds. The van der Waals surface area contributed by atoms with E-state index in [-0.39, 0.29) is 5.95 Å². The second-order valence-electron chi connectivity index (χ2n) is 7.55. The zero-order valence-corrected chi connectivity index (χ0v) is 16.9. The van der Waals surface area contributed by atoms with Crippen molar-refractivity contribution in [2.75, 3.05) is 19.8 Å². The van der Waals surface area contributed by atoms with E-state index in [1.54, 1.807) is 29.3 Å². The van der Waals surface area contributed by atoms with Gasteiger partial charge in [-0.15, -0.1) is 5.10 Å². The Morgan fingerprint density at radius 1 is 1.00 bits per heavy atom. The first-order valence-corrected chi connectivity index (χ1v) is 9.95. The maximum absolute atomic E-state index is 5.57. The van der Waals surface area contributed by atoms with Crippen molar-refractivity contribution >= 4 is 22.6 Å². The predicted molar refractivity (Wildman–Crippen MR) is 114 cm³/mol. The van der Waals surface area contributed by atoms with Crippen molar-refractivity contribution < 1.29 is 0 Å². The average Bonchev–Trinajstić information content (AvgIpc) is 3.17. The standard InChI is InChI=1S/C13H9N7.C8H17N/c14-13-18-7-11-9(1-4-20(11)19-13)8-5-10-12(17-6-8)16-3-2-15-10;1-9(2)8-6-4-3-5-7-8/h1-7H,(H2,14,19);8H,3-7H2,1-2H3. The molecule has 0 unspecified atom stereocenters. The van der Waals surface area contributed by atoms with Crippen LogP contribution in [0.4, 0.5) is 5.95 Å². The highest BCUT2D eigenvalue weighted by atomic mass is 15.3. The Bertz CT molecular complexity index is 1100. The smallest absolute Gasteiger partial charge is 0.238 e.